The van der Waals surface area contributed by atoms with Crippen LogP contribution in [-0.4, -0.2) is 19.0 Å². The predicted molar refractivity (Wildman–Crippen MR) is 61.5 cm³/mol. The normalized spacial score (nSPS) is 12.5. The second-order valence-electron chi connectivity index (χ2n) is 3.47. The van der Waals surface area contributed by atoms with Crippen LogP contribution < -0.4 is 0 Å². The van der Waals surface area contributed by atoms with E-state index >= 15 is 0 Å². The Morgan fingerprint density at radius 2 is 1.18 bits per heavy atom. The van der Waals surface area contributed by atoms with Gasteiger partial charge >= 0.3 is 0 Å². The summed E-state index contributed by atoms with van der Waals surface area (Å²) >= 11 is 0. The number of hydrogen-bond acceptors (Lipinski definition) is 0. The molecule has 0 N–H and O–H groups in total. The van der Waals surface area contributed by atoms with Crippen LogP contribution in [0.1, 0.15) is 33.1 Å². The molecule has 0 aromatic heterocycles. The third-order valence-corrected chi connectivity index (χ3v) is 6.62. The van der Waals surface area contributed by atoms with E-state index in [-0.39, 0.29) is 0 Å². The van der Waals surface area contributed by atoms with Crippen LogP contribution in [0.2, 0.25) is 24.2 Å². The second kappa shape index (κ2) is 10.4. The quantitative estimate of drug-likeness (QED) is 0.405. The zero-order valence-electron chi connectivity index (χ0n) is 8.36. The van der Waals surface area contributed by atoms with Gasteiger partial charge in [0.25, 0.3) is 0 Å². The lowest BCUT2D eigenvalue weighted by Gasteiger charge is -1.97. The van der Waals surface area contributed by atoms with Gasteiger partial charge < -0.3 is 0 Å². The summed E-state index contributed by atoms with van der Waals surface area (Å²) in [4.78, 5) is 0. The average molecular weight is 188 g/mol. The maximum Gasteiger partial charge on any atom is 0.0197 e. The summed E-state index contributed by atoms with van der Waals surface area (Å²) in [5.74, 6) is 0. The van der Waals surface area contributed by atoms with Crippen LogP contribution in [0.25, 0.3) is 0 Å². The first-order valence-corrected chi connectivity index (χ1v) is 9.41. The first kappa shape index (κ1) is 11.4. The Morgan fingerprint density at radius 1 is 0.727 bits per heavy atom. The van der Waals surface area contributed by atoms with Crippen LogP contribution in [0.5, 0.6) is 0 Å². The first-order valence-electron chi connectivity index (χ1n) is 5.41. The van der Waals surface area contributed by atoms with Crippen LogP contribution in [0.4, 0.5) is 0 Å². The fourth-order valence-corrected chi connectivity index (χ4v) is 5.21. The van der Waals surface area contributed by atoms with Crippen molar-refractivity contribution < 1.29 is 0 Å². The van der Waals surface area contributed by atoms with Crippen LogP contribution in [-0.2, 0) is 0 Å². The summed E-state index contributed by atoms with van der Waals surface area (Å²) < 4.78 is 0. The Morgan fingerprint density at radius 3 is 1.55 bits per heavy atom. The van der Waals surface area contributed by atoms with Gasteiger partial charge in [-0.1, -0.05) is 57.3 Å². The zero-order chi connectivity index (χ0) is 8.36. The molecule has 0 heterocycles. The molecule has 0 saturated heterocycles. The van der Waals surface area contributed by atoms with Crippen molar-refractivity contribution in [3.05, 3.63) is 0 Å². The van der Waals surface area contributed by atoms with Crippen LogP contribution in [0.15, 0.2) is 0 Å². The minimum absolute atomic E-state index is 0.399. The SMILES string of the molecule is CCC[SiH2]CCC[SiH2]CCC. The van der Waals surface area contributed by atoms with Crippen molar-refractivity contribution >= 4 is 19.0 Å². The summed E-state index contributed by atoms with van der Waals surface area (Å²) in [6.45, 7) is 4.64. The summed E-state index contributed by atoms with van der Waals surface area (Å²) in [7, 11) is 0.799. The van der Waals surface area contributed by atoms with E-state index in [1.54, 1.807) is 30.6 Å². The Bertz CT molecular complexity index is 56.6. The van der Waals surface area contributed by atoms with Crippen molar-refractivity contribution in [2.75, 3.05) is 0 Å². The molecule has 0 amide bonds. The first-order chi connectivity index (χ1) is 5.41. The molecular formula is C9H24Si2. The summed E-state index contributed by atoms with van der Waals surface area (Å²) in [6, 6.07) is 6.47. The Labute approximate surface area is 76.8 Å². The molecule has 11 heavy (non-hydrogen) atoms. The Balaban J connectivity index is 2.69. The van der Waals surface area contributed by atoms with Crippen molar-refractivity contribution in [2.45, 2.75) is 57.3 Å². The molecule has 0 aromatic rings. The molecule has 68 valence electrons. The molecule has 0 radical (unpaired) electrons. The van der Waals surface area contributed by atoms with Gasteiger partial charge in [0, 0.05) is 19.0 Å². The van der Waals surface area contributed by atoms with E-state index in [1.807, 2.05) is 0 Å². The summed E-state index contributed by atoms with van der Waals surface area (Å²) in [5.41, 5.74) is 0. The smallest absolute Gasteiger partial charge is 0.0197 e. The van der Waals surface area contributed by atoms with Gasteiger partial charge in [-0.2, -0.15) is 0 Å². The third-order valence-electron chi connectivity index (χ3n) is 2.21. The molecular weight excluding hydrogens is 164 g/mol. The average Bonchev–Trinajstić information content (AvgIpc) is 2.03. The van der Waals surface area contributed by atoms with Gasteiger partial charge in [-0.25, -0.2) is 0 Å². The highest BCUT2D eigenvalue weighted by Crippen LogP contribution is 2.01. The fraction of sp³-hybridized carbons (Fsp3) is 1.00. The molecule has 0 rings (SSSR count). The third kappa shape index (κ3) is 10.4. The molecule has 0 fully saturated rings. The lowest BCUT2D eigenvalue weighted by Crippen LogP contribution is -1.91. The van der Waals surface area contributed by atoms with E-state index in [1.165, 1.54) is 12.8 Å². The largest absolute Gasteiger partial charge is 0.0657 e. The minimum atomic E-state index is 0.399. The summed E-state index contributed by atoms with van der Waals surface area (Å²) in [5, 5.41) is 0. The van der Waals surface area contributed by atoms with E-state index in [9.17, 15) is 0 Å². The van der Waals surface area contributed by atoms with E-state index in [0.717, 1.165) is 0 Å². The highest BCUT2D eigenvalue weighted by molar-refractivity contribution is 6.37. The molecule has 0 spiro atoms. The lowest BCUT2D eigenvalue weighted by molar-refractivity contribution is 1.00. The standard InChI is InChI=1S/C9H24Si2/c1-3-6-10-8-5-9-11-7-4-2/h3-11H2,1-2H3. The van der Waals surface area contributed by atoms with E-state index < -0.39 is 0 Å². The van der Waals surface area contributed by atoms with Crippen molar-refractivity contribution in [1.29, 1.82) is 0 Å². The van der Waals surface area contributed by atoms with Gasteiger partial charge in [0.1, 0.15) is 0 Å². The molecule has 0 nitrogen and oxygen atoms in total. The molecule has 0 unspecified atom stereocenters. The molecule has 0 aliphatic heterocycles. The van der Waals surface area contributed by atoms with Crippen LogP contribution in [0.3, 0.4) is 0 Å². The highest BCUT2D eigenvalue weighted by Gasteiger charge is 1.90. The van der Waals surface area contributed by atoms with Crippen LogP contribution >= 0.6 is 0 Å². The molecule has 0 saturated carbocycles. The van der Waals surface area contributed by atoms with Crippen molar-refractivity contribution in [1.82, 2.24) is 0 Å². The maximum absolute atomic E-state index is 2.32. The molecule has 0 aromatic carbocycles. The van der Waals surface area contributed by atoms with E-state index in [0.29, 0.717) is 19.0 Å². The van der Waals surface area contributed by atoms with Gasteiger partial charge in [0.05, 0.1) is 0 Å². The monoisotopic (exact) mass is 188 g/mol. The van der Waals surface area contributed by atoms with Crippen LogP contribution in [0, 0.1) is 0 Å². The molecule has 0 aliphatic carbocycles. The predicted octanol–water partition coefficient (Wildman–Crippen LogP) is 2.21. The summed E-state index contributed by atoms with van der Waals surface area (Å²) in [6.07, 6.45) is 4.48. The maximum atomic E-state index is 2.32. The van der Waals surface area contributed by atoms with Crippen molar-refractivity contribution in [3.8, 4) is 0 Å². The van der Waals surface area contributed by atoms with Gasteiger partial charge in [-0.3, -0.25) is 0 Å². The van der Waals surface area contributed by atoms with Crippen molar-refractivity contribution in [3.63, 3.8) is 0 Å². The molecule has 0 aliphatic rings. The fourth-order valence-electron chi connectivity index (χ4n) is 1.38. The molecule has 0 bridgehead atoms. The van der Waals surface area contributed by atoms with Gasteiger partial charge in [0.15, 0.2) is 0 Å². The minimum Gasteiger partial charge on any atom is -0.0657 e. The van der Waals surface area contributed by atoms with Gasteiger partial charge in [-0.15, -0.1) is 0 Å². The van der Waals surface area contributed by atoms with E-state index in [4.69, 9.17) is 0 Å². The number of rotatable bonds is 8. The van der Waals surface area contributed by atoms with Crippen molar-refractivity contribution in [2.24, 2.45) is 0 Å². The van der Waals surface area contributed by atoms with Gasteiger partial charge in [0.2, 0.25) is 0 Å². The Hall–Kier alpha value is 0.434. The lowest BCUT2D eigenvalue weighted by atomic mass is 10.6. The Kier molecular flexibility index (Phi) is 10.8. The van der Waals surface area contributed by atoms with E-state index in [2.05, 4.69) is 13.8 Å². The highest BCUT2D eigenvalue weighted by atomic mass is 28.2. The topological polar surface area (TPSA) is 0 Å². The molecule has 2 heteroatoms. The zero-order valence-corrected chi connectivity index (χ0v) is 11.2. The van der Waals surface area contributed by atoms with Gasteiger partial charge in [-0.05, 0) is 0 Å². The number of hydrogen-bond donors (Lipinski definition) is 0. The second-order valence-corrected chi connectivity index (χ2v) is 7.72. The molecule has 0 atom stereocenters.